The Morgan fingerprint density at radius 2 is 1.98 bits per heavy atom. The molecule has 41 heavy (non-hydrogen) atoms. The Morgan fingerprint density at radius 1 is 1.24 bits per heavy atom. The van der Waals surface area contributed by atoms with Gasteiger partial charge in [-0.1, -0.05) is 24.0 Å². The number of benzene rings is 2. The summed E-state index contributed by atoms with van der Waals surface area (Å²) in [6.45, 7) is 0.0963. The minimum absolute atomic E-state index is 0.0107. The van der Waals surface area contributed by atoms with Crippen molar-refractivity contribution < 1.29 is 26.3 Å². The van der Waals surface area contributed by atoms with Gasteiger partial charge in [0.15, 0.2) is 0 Å². The Hall–Kier alpha value is -3.46. The van der Waals surface area contributed by atoms with Gasteiger partial charge in [-0.15, -0.1) is 15.7 Å². The first-order chi connectivity index (χ1) is 19.3. The highest BCUT2D eigenvalue weighted by molar-refractivity contribution is 7.93. The minimum atomic E-state index is -4.42. The zero-order valence-corrected chi connectivity index (χ0v) is 24.7. The molecule has 14 heteroatoms. The number of methoxy groups -OCH3 is 1. The summed E-state index contributed by atoms with van der Waals surface area (Å²) in [5, 5.41) is 15.7. The highest BCUT2D eigenvalue weighted by Gasteiger charge is 2.31. The van der Waals surface area contributed by atoms with Crippen LogP contribution in [0.15, 0.2) is 45.7 Å². The monoisotopic (exact) mass is 623 g/mol. The fourth-order valence-electron chi connectivity index (χ4n) is 4.48. The zero-order chi connectivity index (χ0) is 29.8. The SMILES string of the molecule is COc1cc(S(C)(=O)=NC#N)ccc1NCC#Cc1sc2c(NC3CCS(=N)(=O)CC3)cccc2c1CC(F)(F)F. The second kappa shape index (κ2) is 12.2. The molecule has 8 nitrogen and oxygen atoms in total. The maximum absolute atomic E-state index is 13.6. The molecule has 218 valence electrons. The van der Waals surface area contributed by atoms with Crippen molar-refractivity contribution in [3.8, 4) is 23.8 Å². The Morgan fingerprint density at radius 3 is 2.63 bits per heavy atom. The van der Waals surface area contributed by atoms with Crippen molar-refractivity contribution in [3.63, 3.8) is 0 Å². The van der Waals surface area contributed by atoms with E-state index in [0.717, 1.165) is 0 Å². The highest BCUT2D eigenvalue weighted by Crippen LogP contribution is 2.39. The molecule has 2 aromatic carbocycles. The number of fused-ring (bicyclic) bond motifs is 1. The summed E-state index contributed by atoms with van der Waals surface area (Å²) in [5.74, 6) is 6.76. The van der Waals surface area contributed by atoms with Gasteiger partial charge in [0.05, 0.1) is 55.7 Å². The van der Waals surface area contributed by atoms with Gasteiger partial charge >= 0.3 is 6.18 Å². The first-order valence-corrected chi connectivity index (χ1v) is 17.1. The molecule has 1 aliphatic heterocycles. The maximum Gasteiger partial charge on any atom is 0.393 e. The molecule has 1 unspecified atom stereocenters. The van der Waals surface area contributed by atoms with E-state index in [1.807, 2.05) is 6.07 Å². The largest absolute Gasteiger partial charge is 0.495 e. The predicted molar refractivity (Wildman–Crippen MR) is 158 cm³/mol. The molecular formula is C27H28F3N5O3S3. The number of thiophene rings is 1. The summed E-state index contributed by atoms with van der Waals surface area (Å²) >= 11 is 1.19. The summed E-state index contributed by atoms with van der Waals surface area (Å²) in [7, 11) is -4.03. The quantitative estimate of drug-likeness (QED) is 0.218. The van der Waals surface area contributed by atoms with Gasteiger partial charge in [-0.2, -0.15) is 18.4 Å². The highest BCUT2D eigenvalue weighted by atomic mass is 32.2. The van der Waals surface area contributed by atoms with Crippen LogP contribution in [-0.4, -0.2) is 52.1 Å². The summed E-state index contributed by atoms with van der Waals surface area (Å²) in [6.07, 6.45) is -1.51. The van der Waals surface area contributed by atoms with E-state index in [1.165, 1.54) is 30.8 Å². The van der Waals surface area contributed by atoms with Crippen molar-refractivity contribution in [3.05, 3.63) is 46.8 Å². The van der Waals surface area contributed by atoms with E-state index in [1.54, 1.807) is 30.5 Å². The van der Waals surface area contributed by atoms with E-state index in [4.69, 9.17) is 14.8 Å². The molecule has 0 aliphatic carbocycles. The Balaban J connectivity index is 1.59. The minimum Gasteiger partial charge on any atom is -0.495 e. The molecule has 1 saturated heterocycles. The van der Waals surface area contributed by atoms with Crippen LogP contribution < -0.4 is 15.4 Å². The third-order valence-corrected chi connectivity index (χ3v) is 11.1. The van der Waals surface area contributed by atoms with E-state index < -0.39 is 32.1 Å². The van der Waals surface area contributed by atoms with Gasteiger partial charge in [0.25, 0.3) is 0 Å². The molecule has 2 heterocycles. The lowest BCUT2D eigenvalue weighted by Gasteiger charge is -2.25. The molecule has 0 spiro atoms. The van der Waals surface area contributed by atoms with Crippen molar-refractivity contribution in [2.75, 3.05) is 42.0 Å². The Bertz CT molecular complexity index is 1780. The maximum atomic E-state index is 13.6. The fraction of sp³-hybridized carbons (Fsp3) is 0.370. The van der Waals surface area contributed by atoms with Crippen LogP contribution in [0.5, 0.6) is 5.75 Å². The predicted octanol–water partition coefficient (Wildman–Crippen LogP) is 6.04. The molecule has 4 rings (SSSR count). The average Bonchev–Trinajstić information content (AvgIpc) is 3.24. The molecule has 0 radical (unpaired) electrons. The summed E-state index contributed by atoms with van der Waals surface area (Å²) in [6, 6.07) is 9.85. The van der Waals surface area contributed by atoms with Gasteiger partial charge in [0.2, 0.25) is 6.19 Å². The van der Waals surface area contributed by atoms with Gasteiger partial charge in [-0.05, 0) is 48.1 Å². The van der Waals surface area contributed by atoms with Crippen LogP contribution in [-0.2, 0) is 25.9 Å². The molecule has 1 fully saturated rings. The van der Waals surface area contributed by atoms with Crippen LogP contribution in [0.4, 0.5) is 24.5 Å². The van der Waals surface area contributed by atoms with Crippen molar-refractivity contribution in [1.29, 1.82) is 10.0 Å². The van der Waals surface area contributed by atoms with Gasteiger partial charge < -0.3 is 15.4 Å². The zero-order valence-electron chi connectivity index (χ0n) is 22.3. The number of hydrogen-bond acceptors (Lipinski definition) is 9. The van der Waals surface area contributed by atoms with Crippen molar-refractivity contribution in [1.82, 2.24) is 0 Å². The second-order valence-corrected chi connectivity index (χ2v) is 15.3. The van der Waals surface area contributed by atoms with Gasteiger partial charge in [0, 0.05) is 33.5 Å². The second-order valence-electron chi connectivity index (χ2n) is 9.53. The van der Waals surface area contributed by atoms with Crippen LogP contribution >= 0.6 is 11.3 Å². The molecular weight excluding hydrogens is 596 g/mol. The van der Waals surface area contributed by atoms with Crippen LogP contribution in [0, 0.1) is 28.1 Å². The van der Waals surface area contributed by atoms with Crippen LogP contribution in [0.25, 0.3) is 10.1 Å². The van der Waals surface area contributed by atoms with Crippen LogP contribution in [0.1, 0.15) is 23.3 Å². The standard InChI is InChI=1S/C27H28F3N5O3S3/c1-38-24-15-19(40(2,36)34-17-31)8-9-22(24)33-12-4-7-25-21(16-27(28,29)30)20-5-3-6-23(26(20)39-25)35-18-10-13-41(32,37)14-11-18/h3,5-6,8-9,15,18,32-33,35H,10-14,16H2,1-2H3. The smallest absolute Gasteiger partial charge is 0.393 e. The first kappa shape index (κ1) is 30.5. The topological polar surface area (TPSA) is 127 Å². The number of hydrogen-bond donors (Lipinski definition) is 3. The number of nitrogens with zero attached hydrogens (tertiary/aromatic N) is 2. The number of anilines is 2. The molecule has 1 aliphatic rings. The van der Waals surface area contributed by atoms with Crippen LogP contribution in [0.2, 0.25) is 0 Å². The normalized spacial score (nSPS) is 20.2. The van der Waals surface area contributed by atoms with Crippen LogP contribution in [0.3, 0.4) is 0 Å². The number of halogens is 3. The van der Waals surface area contributed by atoms with Crippen molar-refractivity contribution in [2.24, 2.45) is 4.36 Å². The third kappa shape index (κ3) is 7.64. The molecule has 3 aromatic rings. The Kier molecular flexibility index (Phi) is 9.07. The van der Waals surface area contributed by atoms with Gasteiger partial charge in [0.1, 0.15) is 5.75 Å². The molecule has 1 aromatic heterocycles. The van der Waals surface area contributed by atoms with Gasteiger partial charge in [-0.25, -0.2) is 8.42 Å². The lowest BCUT2D eigenvalue weighted by Crippen LogP contribution is -2.31. The Labute approximate surface area is 241 Å². The van der Waals surface area contributed by atoms with E-state index >= 15 is 0 Å². The van der Waals surface area contributed by atoms with Crippen molar-refractivity contribution in [2.45, 2.75) is 36.4 Å². The number of ether oxygens (including phenoxy) is 1. The lowest BCUT2D eigenvalue weighted by molar-refractivity contribution is -0.126. The molecule has 3 N–H and O–H groups in total. The molecule has 0 bridgehead atoms. The van der Waals surface area contributed by atoms with E-state index in [2.05, 4.69) is 26.8 Å². The van der Waals surface area contributed by atoms with Gasteiger partial charge in [-0.3, -0.25) is 4.78 Å². The number of nitriles is 1. The molecule has 0 saturated carbocycles. The lowest BCUT2D eigenvalue weighted by atomic mass is 10.1. The summed E-state index contributed by atoms with van der Waals surface area (Å²) < 4.78 is 82.5. The van der Waals surface area contributed by atoms with E-state index in [-0.39, 0.29) is 18.2 Å². The third-order valence-electron chi connectivity index (χ3n) is 6.54. The van der Waals surface area contributed by atoms with E-state index in [9.17, 15) is 21.6 Å². The van der Waals surface area contributed by atoms with Crippen molar-refractivity contribution >= 4 is 52.3 Å². The first-order valence-electron chi connectivity index (χ1n) is 12.4. The molecule has 1 atom stereocenters. The number of rotatable bonds is 7. The number of nitrogens with one attached hydrogen (secondary N) is 3. The average molecular weight is 624 g/mol. The van der Waals surface area contributed by atoms with E-state index in [0.29, 0.717) is 61.3 Å². The summed E-state index contributed by atoms with van der Waals surface area (Å²) in [4.78, 5) is 0.637. The fourth-order valence-corrected chi connectivity index (χ4v) is 8.10. The summed E-state index contributed by atoms with van der Waals surface area (Å²) in [5.41, 5.74) is 1.35. The number of alkyl halides is 3. The molecule has 0 amide bonds.